The molecule has 0 amide bonds. The maximum absolute atomic E-state index is 13.7. The van der Waals surface area contributed by atoms with E-state index in [0.717, 1.165) is 17.7 Å². The third-order valence-corrected chi connectivity index (χ3v) is 3.07. The second kappa shape index (κ2) is 6.87. The van der Waals surface area contributed by atoms with Gasteiger partial charge >= 0.3 is 0 Å². The molecule has 0 bridgehead atoms. The van der Waals surface area contributed by atoms with Crippen molar-refractivity contribution in [2.24, 2.45) is 0 Å². The van der Waals surface area contributed by atoms with Gasteiger partial charge in [0.15, 0.2) is 11.6 Å². The van der Waals surface area contributed by atoms with Crippen molar-refractivity contribution in [3.05, 3.63) is 58.6 Å². The second-order valence-corrected chi connectivity index (χ2v) is 5.40. The highest BCUT2D eigenvalue weighted by Gasteiger charge is 2.10. The summed E-state index contributed by atoms with van der Waals surface area (Å²) >= 11 is 5.98. The first-order valence-electron chi connectivity index (χ1n) is 6.60. The van der Waals surface area contributed by atoms with Gasteiger partial charge < -0.3 is 10.1 Å². The van der Waals surface area contributed by atoms with Crippen molar-refractivity contribution in [1.82, 2.24) is 5.32 Å². The summed E-state index contributed by atoms with van der Waals surface area (Å²) in [4.78, 5) is 0. The summed E-state index contributed by atoms with van der Waals surface area (Å²) in [6.45, 7) is 4.58. The van der Waals surface area contributed by atoms with Gasteiger partial charge in [-0.3, -0.25) is 0 Å². The number of rotatable bonds is 5. The van der Waals surface area contributed by atoms with E-state index in [0.29, 0.717) is 23.4 Å². The van der Waals surface area contributed by atoms with Crippen LogP contribution in [0.25, 0.3) is 0 Å². The topological polar surface area (TPSA) is 21.3 Å². The summed E-state index contributed by atoms with van der Waals surface area (Å²) in [5, 5.41) is 3.82. The predicted molar refractivity (Wildman–Crippen MR) is 79.9 cm³/mol. The number of halogens is 3. The molecule has 21 heavy (non-hydrogen) atoms. The summed E-state index contributed by atoms with van der Waals surface area (Å²) in [6, 6.07) is 8.59. The first-order chi connectivity index (χ1) is 9.95. The highest BCUT2D eigenvalue weighted by atomic mass is 35.5. The first kappa shape index (κ1) is 15.7. The lowest BCUT2D eigenvalue weighted by Gasteiger charge is -2.14. The normalized spacial score (nSPS) is 11.0. The molecular formula is C16H16ClF2NO. The third-order valence-electron chi connectivity index (χ3n) is 2.84. The quantitative estimate of drug-likeness (QED) is 0.847. The fraction of sp³-hybridized carbons (Fsp3) is 0.250. The molecule has 0 atom stereocenters. The molecule has 0 radical (unpaired) electrons. The minimum absolute atomic E-state index is 0.0236. The van der Waals surface area contributed by atoms with E-state index in [2.05, 4.69) is 5.32 Å². The average Bonchev–Trinajstić information content (AvgIpc) is 2.41. The van der Waals surface area contributed by atoms with Crippen molar-refractivity contribution < 1.29 is 13.5 Å². The zero-order chi connectivity index (χ0) is 15.4. The van der Waals surface area contributed by atoms with E-state index in [9.17, 15) is 8.78 Å². The lowest BCUT2D eigenvalue weighted by molar-refractivity contribution is 0.430. The molecule has 0 aliphatic rings. The molecule has 2 nitrogen and oxygen atoms in total. The number of nitrogens with one attached hydrogen (secondary N) is 1. The second-order valence-electron chi connectivity index (χ2n) is 4.96. The molecule has 0 saturated heterocycles. The lowest BCUT2D eigenvalue weighted by atomic mass is 10.2. The van der Waals surface area contributed by atoms with E-state index in [1.54, 1.807) is 18.2 Å². The molecule has 2 aromatic rings. The standard InChI is InChI=1S/C16H16ClF2NO/c1-10(2)20-9-11-7-12(17)3-5-15(11)21-16-6-4-13(18)8-14(16)19/h3-8,10,20H,9H2,1-2H3. The van der Waals surface area contributed by atoms with Gasteiger partial charge in [0, 0.05) is 29.2 Å². The van der Waals surface area contributed by atoms with Crippen molar-refractivity contribution in [2.45, 2.75) is 26.4 Å². The predicted octanol–water partition coefficient (Wildman–Crippen LogP) is 4.91. The summed E-state index contributed by atoms with van der Waals surface area (Å²) in [5.74, 6) is -0.923. The Hall–Kier alpha value is -1.65. The van der Waals surface area contributed by atoms with Gasteiger partial charge in [-0.1, -0.05) is 25.4 Å². The monoisotopic (exact) mass is 311 g/mol. The Balaban J connectivity index is 2.26. The van der Waals surface area contributed by atoms with Crippen LogP contribution in [0.5, 0.6) is 11.5 Å². The highest BCUT2D eigenvalue weighted by Crippen LogP contribution is 2.29. The molecule has 0 heterocycles. The molecule has 0 fully saturated rings. The van der Waals surface area contributed by atoms with Crippen LogP contribution in [-0.4, -0.2) is 6.04 Å². The van der Waals surface area contributed by atoms with Crippen molar-refractivity contribution in [3.63, 3.8) is 0 Å². The Morgan fingerprint density at radius 1 is 1.10 bits per heavy atom. The average molecular weight is 312 g/mol. The molecule has 2 aromatic carbocycles. The maximum atomic E-state index is 13.7. The molecule has 1 N–H and O–H groups in total. The van der Waals surface area contributed by atoms with Gasteiger partial charge in [0.1, 0.15) is 11.6 Å². The van der Waals surface area contributed by atoms with E-state index < -0.39 is 11.6 Å². The van der Waals surface area contributed by atoms with Crippen LogP contribution in [0.4, 0.5) is 8.78 Å². The van der Waals surface area contributed by atoms with Crippen molar-refractivity contribution >= 4 is 11.6 Å². The number of benzene rings is 2. The van der Waals surface area contributed by atoms with Crippen LogP contribution in [-0.2, 0) is 6.54 Å². The van der Waals surface area contributed by atoms with Crippen molar-refractivity contribution in [2.75, 3.05) is 0 Å². The van der Waals surface area contributed by atoms with Crippen molar-refractivity contribution in [1.29, 1.82) is 0 Å². The van der Waals surface area contributed by atoms with Gasteiger partial charge in [-0.25, -0.2) is 8.78 Å². The Kier molecular flexibility index (Phi) is 5.15. The van der Waals surface area contributed by atoms with Crippen LogP contribution < -0.4 is 10.1 Å². The molecule has 0 unspecified atom stereocenters. The Labute approximate surface area is 127 Å². The number of hydrogen-bond donors (Lipinski definition) is 1. The van der Waals surface area contributed by atoms with E-state index in [-0.39, 0.29) is 5.75 Å². The Bertz CT molecular complexity index is 632. The summed E-state index contributed by atoms with van der Waals surface area (Å²) in [5.41, 5.74) is 0.805. The summed E-state index contributed by atoms with van der Waals surface area (Å²) in [7, 11) is 0. The Morgan fingerprint density at radius 3 is 2.48 bits per heavy atom. The molecule has 0 spiro atoms. The summed E-state index contributed by atoms with van der Waals surface area (Å²) in [6.07, 6.45) is 0. The molecule has 112 valence electrons. The molecule has 5 heteroatoms. The van der Waals surface area contributed by atoms with Crippen LogP contribution in [0.3, 0.4) is 0 Å². The molecule has 0 saturated carbocycles. The number of hydrogen-bond acceptors (Lipinski definition) is 2. The SMILES string of the molecule is CC(C)NCc1cc(Cl)ccc1Oc1ccc(F)cc1F. The van der Waals surface area contributed by atoms with E-state index in [4.69, 9.17) is 16.3 Å². The van der Waals surface area contributed by atoms with Crippen LogP contribution in [0.1, 0.15) is 19.4 Å². The summed E-state index contributed by atoms with van der Waals surface area (Å²) < 4.78 is 32.1. The van der Waals surface area contributed by atoms with Crippen LogP contribution >= 0.6 is 11.6 Å². The van der Waals surface area contributed by atoms with Crippen LogP contribution in [0.15, 0.2) is 36.4 Å². The first-order valence-corrected chi connectivity index (χ1v) is 6.98. The zero-order valence-electron chi connectivity index (χ0n) is 11.8. The minimum atomic E-state index is -0.743. The molecule has 0 aliphatic heterocycles. The maximum Gasteiger partial charge on any atom is 0.168 e. The minimum Gasteiger partial charge on any atom is -0.454 e. The van der Waals surface area contributed by atoms with Gasteiger partial charge in [-0.05, 0) is 30.3 Å². The smallest absolute Gasteiger partial charge is 0.168 e. The van der Waals surface area contributed by atoms with Crippen LogP contribution in [0.2, 0.25) is 5.02 Å². The van der Waals surface area contributed by atoms with Gasteiger partial charge in [0.05, 0.1) is 0 Å². The van der Waals surface area contributed by atoms with Gasteiger partial charge in [-0.15, -0.1) is 0 Å². The third kappa shape index (κ3) is 4.41. The van der Waals surface area contributed by atoms with Gasteiger partial charge in [0.25, 0.3) is 0 Å². The highest BCUT2D eigenvalue weighted by molar-refractivity contribution is 6.30. The van der Waals surface area contributed by atoms with E-state index >= 15 is 0 Å². The zero-order valence-corrected chi connectivity index (χ0v) is 12.5. The fourth-order valence-electron chi connectivity index (χ4n) is 1.78. The van der Waals surface area contributed by atoms with E-state index in [1.165, 1.54) is 6.07 Å². The van der Waals surface area contributed by atoms with Gasteiger partial charge in [0.2, 0.25) is 0 Å². The molecule has 0 aromatic heterocycles. The number of ether oxygens (including phenoxy) is 1. The lowest BCUT2D eigenvalue weighted by Crippen LogP contribution is -2.22. The van der Waals surface area contributed by atoms with Crippen LogP contribution in [0, 0.1) is 11.6 Å². The molecule has 2 rings (SSSR count). The fourth-order valence-corrected chi connectivity index (χ4v) is 1.97. The van der Waals surface area contributed by atoms with Crippen molar-refractivity contribution in [3.8, 4) is 11.5 Å². The molecular weight excluding hydrogens is 296 g/mol. The van der Waals surface area contributed by atoms with Gasteiger partial charge in [-0.2, -0.15) is 0 Å². The Morgan fingerprint density at radius 2 is 1.81 bits per heavy atom. The largest absolute Gasteiger partial charge is 0.454 e. The molecule has 0 aliphatic carbocycles. The van der Waals surface area contributed by atoms with E-state index in [1.807, 2.05) is 13.8 Å².